The van der Waals surface area contributed by atoms with E-state index in [0.29, 0.717) is 11.3 Å². The van der Waals surface area contributed by atoms with Gasteiger partial charge in [-0.2, -0.15) is 5.21 Å². The number of benzene rings is 1. The summed E-state index contributed by atoms with van der Waals surface area (Å²) in [6.07, 6.45) is 0. The van der Waals surface area contributed by atoms with Gasteiger partial charge in [0.1, 0.15) is 0 Å². The Morgan fingerprint density at radius 3 is 2.89 bits per heavy atom. The van der Waals surface area contributed by atoms with Crippen LogP contribution in [0.1, 0.15) is 24.4 Å². The van der Waals surface area contributed by atoms with E-state index in [9.17, 15) is 8.42 Å². The van der Waals surface area contributed by atoms with Gasteiger partial charge in [0, 0.05) is 5.69 Å². The quantitative estimate of drug-likeness (QED) is 0.660. The highest BCUT2D eigenvalue weighted by Crippen LogP contribution is 2.12. The van der Waals surface area contributed by atoms with E-state index in [4.69, 9.17) is 5.73 Å². The standard InChI is InChI=1S/C10H14N6O2S/c1-7(10-12-15-16-13-10)14-19(17,18)6-8-3-2-4-9(11)5-8/h2-5,7,14H,6,11H2,1H3,(H,12,13,15,16). The van der Waals surface area contributed by atoms with Gasteiger partial charge in [0.25, 0.3) is 0 Å². The van der Waals surface area contributed by atoms with Gasteiger partial charge in [0.05, 0.1) is 11.8 Å². The molecule has 0 saturated carbocycles. The monoisotopic (exact) mass is 282 g/mol. The number of H-pyrrole nitrogens is 1. The van der Waals surface area contributed by atoms with Crippen LogP contribution in [0.2, 0.25) is 0 Å². The van der Waals surface area contributed by atoms with Crippen molar-refractivity contribution >= 4 is 15.7 Å². The van der Waals surface area contributed by atoms with E-state index in [-0.39, 0.29) is 11.6 Å². The molecule has 0 aliphatic rings. The van der Waals surface area contributed by atoms with Crippen molar-refractivity contribution in [3.63, 3.8) is 0 Å². The zero-order valence-corrected chi connectivity index (χ0v) is 11.1. The van der Waals surface area contributed by atoms with Crippen LogP contribution in [0.15, 0.2) is 24.3 Å². The first kappa shape index (κ1) is 13.4. The predicted molar refractivity (Wildman–Crippen MR) is 69.2 cm³/mol. The molecule has 102 valence electrons. The lowest BCUT2D eigenvalue weighted by molar-refractivity contribution is 0.559. The van der Waals surface area contributed by atoms with Crippen LogP contribution >= 0.6 is 0 Å². The number of anilines is 1. The minimum Gasteiger partial charge on any atom is -0.399 e. The second-order valence-corrected chi connectivity index (χ2v) is 5.87. The van der Waals surface area contributed by atoms with Crippen LogP contribution in [-0.4, -0.2) is 29.0 Å². The number of sulfonamides is 1. The van der Waals surface area contributed by atoms with Gasteiger partial charge in [-0.25, -0.2) is 13.1 Å². The lowest BCUT2D eigenvalue weighted by Crippen LogP contribution is -2.28. The fraction of sp³-hybridized carbons (Fsp3) is 0.300. The Morgan fingerprint density at radius 2 is 2.26 bits per heavy atom. The average Bonchev–Trinajstić information content (AvgIpc) is 2.80. The first-order chi connectivity index (χ1) is 8.96. The Kier molecular flexibility index (Phi) is 3.76. The number of nitrogens with two attached hydrogens (primary N) is 1. The maximum atomic E-state index is 12.0. The Labute approximate surface area is 110 Å². The summed E-state index contributed by atoms with van der Waals surface area (Å²) in [4.78, 5) is 0. The van der Waals surface area contributed by atoms with Gasteiger partial charge in [0.2, 0.25) is 10.0 Å². The van der Waals surface area contributed by atoms with E-state index in [1.165, 1.54) is 0 Å². The Balaban J connectivity index is 2.07. The molecule has 1 aromatic heterocycles. The van der Waals surface area contributed by atoms with Crippen molar-refractivity contribution in [1.82, 2.24) is 25.3 Å². The summed E-state index contributed by atoms with van der Waals surface area (Å²) in [6, 6.07) is 6.19. The van der Waals surface area contributed by atoms with Gasteiger partial charge >= 0.3 is 0 Å². The summed E-state index contributed by atoms with van der Waals surface area (Å²) >= 11 is 0. The Morgan fingerprint density at radius 1 is 1.47 bits per heavy atom. The SMILES string of the molecule is CC(NS(=O)(=O)Cc1cccc(N)c1)c1nn[nH]n1. The van der Waals surface area contributed by atoms with Crippen molar-refractivity contribution in [2.45, 2.75) is 18.7 Å². The van der Waals surface area contributed by atoms with E-state index < -0.39 is 16.1 Å². The predicted octanol–water partition coefficient (Wildman–Crippen LogP) is -0.0375. The van der Waals surface area contributed by atoms with Crippen molar-refractivity contribution in [1.29, 1.82) is 0 Å². The van der Waals surface area contributed by atoms with Crippen molar-refractivity contribution in [2.24, 2.45) is 0 Å². The molecule has 2 rings (SSSR count). The number of tetrazole rings is 1. The van der Waals surface area contributed by atoms with Crippen molar-refractivity contribution in [3.8, 4) is 0 Å². The third-order valence-corrected chi connectivity index (χ3v) is 3.84. The molecule has 8 nitrogen and oxygen atoms in total. The van der Waals surface area contributed by atoms with Gasteiger partial charge < -0.3 is 5.73 Å². The van der Waals surface area contributed by atoms with Gasteiger partial charge in [-0.1, -0.05) is 17.3 Å². The molecular weight excluding hydrogens is 268 g/mol. The van der Waals surface area contributed by atoms with Crippen LogP contribution < -0.4 is 10.5 Å². The van der Waals surface area contributed by atoms with E-state index in [1.54, 1.807) is 31.2 Å². The molecule has 1 unspecified atom stereocenters. The van der Waals surface area contributed by atoms with E-state index in [0.717, 1.165) is 0 Å². The number of rotatable bonds is 5. The molecule has 19 heavy (non-hydrogen) atoms. The molecule has 1 atom stereocenters. The molecule has 1 heterocycles. The summed E-state index contributed by atoms with van der Waals surface area (Å²) in [5, 5.41) is 13.1. The topological polar surface area (TPSA) is 127 Å². The lowest BCUT2D eigenvalue weighted by atomic mass is 10.2. The molecule has 0 radical (unpaired) electrons. The zero-order valence-electron chi connectivity index (χ0n) is 10.2. The zero-order chi connectivity index (χ0) is 13.9. The van der Waals surface area contributed by atoms with E-state index in [1.807, 2.05) is 0 Å². The van der Waals surface area contributed by atoms with Crippen LogP contribution in [0, 0.1) is 0 Å². The first-order valence-electron chi connectivity index (χ1n) is 5.54. The maximum absolute atomic E-state index is 12.0. The smallest absolute Gasteiger partial charge is 0.216 e. The average molecular weight is 282 g/mol. The van der Waals surface area contributed by atoms with Crippen molar-refractivity contribution in [3.05, 3.63) is 35.7 Å². The van der Waals surface area contributed by atoms with Crippen LogP contribution in [-0.2, 0) is 15.8 Å². The number of aromatic nitrogens is 4. The molecule has 0 aliphatic carbocycles. The fourth-order valence-corrected chi connectivity index (χ4v) is 2.96. The minimum atomic E-state index is -3.50. The number of aromatic amines is 1. The molecule has 0 saturated heterocycles. The van der Waals surface area contributed by atoms with Gasteiger partial charge in [-0.15, -0.1) is 10.2 Å². The molecule has 9 heteroatoms. The Hall–Kier alpha value is -2.00. The molecule has 0 spiro atoms. The van der Waals surface area contributed by atoms with Crippen molar-refractivity contribution < 1.29 is 8.42 Å². The fourth-order valence-electron chi connectivity index (χ4n) is 1.62. The molecule has 0 aliphatic heterocycles. The summed E-state index contributed by atoms with van der Waals surface area (Å²) in [7, 11) is -3.50. The van der Waals surface area contributed by atoms with Gasteiger partial charge in [-0.3, -0.25) is 0 Å². The molecular formula is C10H14N6O2S. The van der Waals surface area contributed by atoms with Crippen molar-refractivity contribution in [2.75, 3.05) is 5.73 Å². The highest BCUT2D eigenvalue weighted by atomic mass is 32.2. The third kappa shape index (κ3) is 3.73. The summed E-state index contributed by atoms with van der Waals surface area (Å²) in [5.41, 5.74) is 6.75. The lowest BCUT2D eigenvalue weighted by Gasteiger charge is -2.11. The largest absolute Gasteiger partial charge is 0.399 e. The van der Waals surface area contributed by atoms with Gasteiger partial charge in [-0.05, 0) is 24.6 Å². The molecule has 0 fully saturated rings. The Bertz CT molecular complexity index is 640. The molecule has 0 amide bonds. The molecule has 0 bridgehead atoms. The second kappa shape index (κ2) is 5.33. The molecule has 4 N–H and O–H groups in total. The second-order valence-electron chi connectivity index (χ2n) is 4.11. The van der Waals surface area contributed by atoms with Crippen LogP contribution in [0.5, 0.6) is 0 Å². The number of hydrogen-bond donors (Lipinski definition) is 3. The summed E-state index contributed by atoms with van der Waals surface area (Å²) < 4.78 is 26.4. The third-order valence-electron chi connectivity index (χ3n) is 2.41. The molecule has 2 aromatic rings. The summed E-state index contributed by atoms with van der Waals surface area (Å²) in [6.45, 7) is 1.64. The highest BCUT2D eigenvalue weighted by molar-refractivity contribution is 7.88. The normalized spacial score (nSPS) is 13.3. The number of hydrogen-bond acceptors (Lipinski definition) is 6. The maximum Gasteiger partial charge on any atom is 0.216 e. The number of nitrogen functional groups attached to an aromatic ring is 1. The highest BCUT2D eigenvalue weighted by Gasteiger charge is 2.19. The first-order valence-corrected chi connectivity index (χ1v) is 7.19. The van der Waals surface area contributed by atoms with Crippen LogP contribution in [0.25, 0.3) is 0 Å². The van der Waals surface area contributed by atoms with E-state index >= 15 is 0 Å². The minimum absolute atomic E-state index is 0.153. The number of nitrogens with zero attached hydrogens (tertiary/aromatic N) is 3. The van der Waals surface area contributed by atoms with E-state index in [2.05, 4.69) is 25.3 Å². The van der Waals surface area contributed by atoms with Crippen LogP contribution in [0.4, 0.5) is 5.69 Å². The van der Waals surface area contributed by atoms with Gasteiger partial charge in [0.15, 0.2) is 5.82 Å². The number of nitrogens with one attached hydrogen (secondary N) is 2. The van der Waals surface area contributed by atoms with Crippen LogP contribution in [0.3, 0.4) is 0 Å². The summed E-state index contributed by atoms with van der Waals surface area (Å²) in [5.74, 6) is 0.136. The molecule has 1 aromatic carbocycles.